The summed E-state index contributed by atoms with van der Waals surface area (Å²) in [5.74, 6) is -0.239. The molecule has 18 heteroatoms. The van der Waals surface area contributed by atoms with E-state index in [2.05, 4.69) is 56.0 Å². The lowest BCUT2D eigenvalue weighted by Crippen LogP contribution is -2.56. The van der Waals surface area contributed by atoms with E-state index in [-0.39, 0.29) is 34.7 Å². The smallest absolute Gasteiger partial charge is 0.293 e. The zero-order chi connectivity index (χ0) is 46.6. The number of rotatable bonds is 11. The number of carbonyl (C=O) groups is 1. The summed E-state index contributed by atoms with van der Waals surface area (Å²) in [5, 5.41) is 16.2. The van der Waals surface area contributed by atoms with E-state index in [0.29, 0.717) is 68.5 Å². The molecule has 1 aliphatic carbocycles. The zero-order valence-corrected chi connectivity index (χ0v) is 39.0. The summed E-state index contributed by atoms with van der Waals surface area (Å²) in [6.07, 6.45) is 8.43. The molecule has 3 aromatic carbocycles. The van der Waals surface area contributed by atoms with Crippen LogP contribution in [-0.4, -0.2) is 118 Å². The van der Waals surface area contributed by atoms with Crippen LogP contribution in [-0.2, 0) is 24.2 Å². The molecule has 11 rings (SSSR count). The number of hydrogen-bond donors (Lipinski definition) is 3. The molecule has 0 unspecified atom stereocenters. The van der Waals surface area contributed by atoms with Gasteiger partial charge in [0.15, 0.2) is 0 Å². The van der Waals surface area contributed by atoms with Crippen molar-refractivity contribution in [2.24, 2.45) is 11.3 Å². The third-order valence-corrected chi connectivity index (χ3v) is 16.7. The molecule has 5 fully saturated rings. The van der Waals surface area contributed by atoms with Crippen LogP contribution in [0.1, 0.15) is 72.5 Å². The zero-order valence-electron chi connectivity index (χ0n) is 38.2. The lowest BCUT2D eigenvalue weighted by molar-refractivity contribution is -0.384. The van der Waals surface area contributed by atoms with Crippen LogP contribution in [0.5, 0.6) is 5.88 Å². The number of aromatic nitrogens is 2. The number of benzene rings is 3. The number of piperidine rings is 1. The topological polar surface area (TPSA) is 194 Å². The van der Waals surface area contributed by atoms with Crippen LogP contribution in [0.2, 0.25) is 0 Å². The van der Waals surface area contributed by atoms with Crippen molar-refractivity contribution < 1.29 is 37.1 Å². The molecule has 1 amide bonds. The van der Waals surface area contributed by atoms with E-state index < -0.39 is 37.5 Å². The van der Waals surface area contributed by atoms with Crippen molar-refractivity contribution in [3.05, 3.63) is 106 Å². The number of pyridine rings is 1. The molecule has 4 saturated heterocycles. The third kappa shape index (κ3) is 8.54. The first-order chi connectivity index (χ1) is 33.0. The molecule has 358 valence electrons. The van der Waals surface area contributed by atoms with Crippen molar-refractivity contribution in [3.63, 3.8) is 0 Å². The van der Waals surface area contributed by atoms with E-state index in [9.17, 15) is 23.3 Å². The number of ether oxygens (including phenoxy) is 4. The number of nitro groups is 1. The SMILES string of the molecule is Cc1ccccc1[C@@H]1COCCCN1C1CC2(CCN(c3ccc(C(=O)NS(=O)(=O)c4ccc(NCC5CCOCC5)c([N+](=O)[O-])c4)c(N4c5cc6cc[nH]c6nc5O[C@@H]5COC[C@H]54)c3)CC2)C1. The highest BCUT2D eigenvalue weighted by molar-refractivity contribution is 7.90. The molecule has 2 aromatic heterocycles. The summed E-state index contributed by atoms with van der Waals surface area (Å²) in [5.41, 5.74) is 5.47. The van der Waals surface area contributed by atoms with Crippen molar-refractivity contribution in [1.82, 2.24) is 19.6 Å². The van der Waals surface area contributed by atoms with Gasteiger partial charge in [0.05, 0.1) is 53.0 Å². The number of amides is 1. The van der Waals surface area contributed by atoms with Gasteiger partial charge in [-0.25, -0.2) is 13.1 Å². The standard InChI is InChI=1S/C50H58N8O9S/c1-32-5-2-3-6-38(32)44-29-65-20-4-17-56(44)36-26-50(27-36)14-18-55(19-15-50)35-7-9-39(41(24-35)57-43-23-34-11-16-51-47(34)53-49(43)67-46-31-66-30-45(46)57)48(59)54-68(62,63)37-8-10-40(42(25-37)58(60)61)52-28-33-12-21-64-22-13-33/h2-3,5-11,16,23-25,33,36,44-46,52H,4,12-15,17-22,26-31H2,1H3,(H,51,53)(H,54,59)/t44-,45+,46+/m0/s1. The summed E-state index contributed by atoms with van der Waals surface area (Å²) < 4.78 is 54.4. The number of nitro benzene ring substituents is 1. The van der Waals surface area contributed by atoms with Crippen LogP contribution in [0.3, 0.4) is 0 Å². The fourth-order valence-electron chi connectivity index (χ4n) is 11.5. The number of H-pyrrole nitrogens is 1. The molecule has 1 saturated carbocycles. The highest BCUT2D eigenvalue weighted by atomic mass is 32.2. The molecular weight excluding hydrogens is 889 g/mol. The molecule has 3 atom stereocenters. The molecule has 68 heavy (non-hydrogen) atoms. The number of nitrogens with zero attached hydrogens (tertiary/aromatic N) is 5. The molecule has 1 spiro atoms. The van der Waals surface area contributed by atoms with E-state index in [0.717, 1.165) is 88.3 Å². The first-order valence-electron chi connectivity index (χ1n) is 24.0. The second kappa shape index (κ2) is 18.3. The minimum absolute atomic E-state index is 0.106. The van der Waals surface area contributed by atoms with E-state index >= 15 is 0 Å². The molecule has 0 bridgehead atoms. The Morgan fingerprint density at radius 3 is 2.56 bits per heavy atom. The van der Waals surface area contributed by atoms with Gasteiger partial charge >= 0.3 is 0 Å². The average Bonchev–Trinajstić information content (AvgIpc) is 3.94. The predicted octanol–water partition coefficient (Wildman–Crippen LogP) is 7.25. The number of fused-ring (bicyclic) bond motifs is 3. The third-order valence-electron chi connectivity index (χ3n) is 15.4. The van der Waals surface area contributed by atoms with Crippen molar-refractivity contribution in [2.45, 2.75) is 81.0 Å². The summed E-state index contributed by atoms with van der Waals surface area (Å²) in [6, 6.07) is 22.2. The van der Waals surface area contributed by atoms with Crippen molar-refractivity contribution >= 4 is 55.4 Å². The fourth-order valence-corrected chi connectivity index (χ4v) is 12.5. The largest absolute Gasteiger partial charge is 0.468 e. The Bertz CT molecular complexity index is 2820. The average molecular weight is 947 g/mol. The monoisotopic (exact) mass is 946 g/mol. The van der Waals surface area contributed by atoms with Gasteiger partial charge in [0.2, 0.25) is 5.88 Å². The maximum absolute atomic E-state index is 14.6. The number of nitrogens with one attached hydrogen (secondary N) is 3. The fraction of sp³-hybridized carbons (Fsp3) is 0.480. The number of aryl methyl sites for hydroxylation is 1. The number of carbonyl (C=O) groups excluding carboxylic acids is 1. The Hall–Kier alpha value is -5.79. The minimum atomic E-state index is -4.59. The van der Waals surface area contributed by atoms with Crippen LogP contribution < -0.4 is 24.6 Å². The lowest BCUT2D eigenvalue weighted by atomic mass is 9.59. The number of hydrogen-bond acceptors (Lipinski definition) is 14. The first kappa shape index (κ1) is 44.7. The molecule has 6 aliphatic rings. The van der Waals surface area contributed by atoms with Crippen LogP contribution in [0, 0.1) is 28.4 Å². The molecule has 3 N–H and O–H groups in total. The summed E-state index contributed by atoms with van der Waals surface area (Å²) in [7, 11) is -4.59. The molecule has 5 aliphatic heterocycles. The number of sulfonamides is 1. The van der Waals surface area contributed by atoms with Gasteiger partial charge in [0, 0.05) is 75.4 Å². The normalized spacial score (nSPS) is 23.3. The van der Waals surface area contributed by atoms with Gasteiger partial charge in [-0.1, -0.05) is 24.3 Å². The maximum Gasteiger partial charge on any atom is 0.293 e. The van der Waals surface area contributed by atoms with Gasteiger partial charge in [0.1, 0.15) is 23.1 Å². The molecule has 0 radical (unpaired) electrons. The summed E-state index contributed by atoms with van der Waals surface area (Å²) >= 11 is 0. The minimum Gasteiger partial charge on any atom is -0.468 e. The van der Waals surface area contributed by atoms with Gasteiger partial charge in [-0.3, -0.25) is 19.8 Å². The van der Waals surface area contributed by atoms with E-state index in [4.69, 9.17) is 23.9 Å². The number of anilines is 4. The maximum atomic E-state index is 14.6. The van der Waals surface area contributed by atoms with Crippen molar-refractivity contribution in [2.75, 3.05) is 80.9 Å². The van der Waals surface area contributed by atoms with Crippen molar-refractivity contribution in [3.8, 4) is 5.88 Å². The van der Waals surface area contributed by atoms with Gasteiger partial charge in [-0.05, 0) is 117 Å². The van der Waals surface area contributed by atoms with Gasteiger partial charge in [-0.2, -0.15) is 4.98 Å². The van der Waals surface area contributed by atoms with Gasteiger partial charge in [-0.15, -0.1) is 0 Å². The summed E-state index contributed by atoms with van der Waals surface area (Å²) in [4.78, 5) is 40.9. The Balaban J connectivity index is 0.870. The molecule has 5 aromatic rings. The van der Waals surface area contributed by atoms with Crippen LogP contribution in [0.25, 0.3) is 11.0 Å². The van der Waals surface area contributed by atoms with Crippen molar-refractivity contribution in [1.29, 1.82) is 0 Å². The Kier molecular flexibility index (Phi) is 12.0. The first-order valence-corrected chi connectivity index (χ1v) is 25.5. The predicted molar refractivity (Wildman–Crippen MR) is 256 cm³/mol. The molecule has 7 heterocycles. The van der Waals surface area contributed by atoms with E-state index in [1.54, 1.807) is 12.3 Å². The second-order valence-corrected chi connectivity index (χ2v) is 21.1. The highest BCUT2D eigenvalue weighted by Gasteiger charge is 2.50. The van der Waals surface area contributed by atoms with Crippen LogP contribution in [0.15, 0.2) is 83.9 Å². The lowest BCUT2D eigenvalue weighted by Gasteiger charge is -2.56. The molecule has 17 nitrogen and oxygen atoms in total. The van der Waals surface area contributed by atoms with Gasteiger partial charge < -0.3 is 39.0 Å². The Morgan fingerprint density at radius 2 is 1.75 bits per heavy atom. The highest BCUT2D eigenvalue weighted by Crippen LogP contribution is 2.53. The van der Waals surface area contributed by atoms with Crippen LogP contribution in [0.4, 0.5) is 28.4 Å². The quantitative estimate of drug-likeness (QED) is 0.0886. The van der Waals surface area contributed by atoms with Crippen LogP contribution >= 0.6 is 0 Å². The summed E-state index contributed by atoms with van der Waals surface area (Å²) in [6.45, 7) is 8.73. The number of aromatic amines is 1. The van der Waals surface area contributed by atoms with E-state index in [1.807, 2.05) is 29.2 Å². The second-order valence-electron chi connectivity index (χ2n) is 19.5. The Morgan fingerprint density at radius 1 is 0.926 bits per heavy atom. The van der Waals surface area contributed by atoms with E-state index in [1.165, 1.54) is 23.3 Å². The Labute approximate surface area is 395 Å². The molecular formula is C50H58N8O9S. The van der Waals surface area contributed by atoms with Gasteiger partial charge in [0.25, 0.3) is 21.6 Å².